The van der Waals surface area contributed by atoms with Crippen LogP contribution in [0.1, 0.15) is 36.1 Å². The molecule has 1 aromatic heterocycles. The van der Waals surface area contributed by atoms with Gasteiger partial charge in [-0.15, -0.1) is 0 Å². The number of fused-ring (bicyclic) bond motifs is 1. The van der Waals surface area contributed by atoms with E-state index in [1.807, 2.05) is 0 Å². The van der Waals surface area contributed by atoms with Crippen LogP contribution in [0.25, 0.3) is 11.3 Å². The van der Waals surface area contributed by atoms with Crippen LogP contribution in [0, 0.1) is 0 Å². The smallest absolute Gasteiger partial charge is 0.379 e. The molecule has 0 spiro atoms. The number of anilines is 1. The van der Waals surface area contributed by atoms with Crippen LogP contribution in [0.3, 0.4) is 0 Å². The number of nitrogens with zero attached hydrogens (tertiary/aromatic N) is 3. The van der Waals surface area contributed by atoms with Crippen molar-refractivity contribution in [2.45, 2.75) is 49.4 Å². The number of aromatic nitrogens is 2. The van der Waals surface area contributed by atoms with Crippen molar-refractivity contribution in [3.63, 3.8) is 0 Å². The molecule has 2 atom stereocenters. The van der Waals surface area contributed by atoms with Gasteiger partial charge in [0.2, 0.25) is 5.95 Å². The number of nitrogens with two attached hydrogens (primary N) is 1. The van der Waals surface area contributed by atoms with Gasteiger partial charge in [0, 0.05) is 30.7 Å². The summed E-state index contributed by atoms with van der Waals surface area (Å²) >= 11 is 0. The third kappa shape index (κ3) is 3.36. The van der Waals surface area contributed by atoms with E-state index in [0.29, 0.717) is 25.2 Å². The van der Waals surface area contributed by atoms with E-state index in [2.05, 4.69) is 9.97 Å². The van der Waals surface area contributed by atoms with Crippen molar-refractivity contribution in [3.8, 4) is 11.3 Å². The molecule has 1 unspecified atom stereocenters. The summed E-state index contributed by atoms with van der Waals surface area (Å²) in [6, 6.07) is 5.29. The fourth-order valence-corrected chi connectivity index (χ4v) is 4.51. The first-order valence-corrected chi connectivity index (χ1v) is 10.2. The molecule has 1 aromatic carbocycles. The van der Waals surface area contributed by atoms with Gasteiger partial charge in [0.15, 0.2) is 0 Å². The largest absolute Gasteiger partial charge is 0.408 e. The summed E-state index contributed by atoms with van der Waals surface area (Å²) in [5, 5.41) is 0. The van der Waals surface area contributed by atoms with Crippen molar-refractivity contribution in [1.29, 1.82) is 0 Å². The Bertz CT molecular complexity index is 1000. The number of hydrogen-bond acceptors (Lipinski definition) is 5. The summed E-state index contributed by atoms with van der Waals surface area (Å²) in [6.07, 6.45) is -4.28. The number of benzene rings is 1. The quantitative estimate of drug-likeness (QED) is 0.734. The van der Waals surface area contributed by atoms with E-state index in [4.69, 9.17) is 10.5 Å². The summed E-state index contributed by atoms with van der Waals surface area (Å²) < 4.78 is 74.1. The van der Waals surface area contributed by atoms with Gasteiger partial charge in [-0.3, -0.25) is 0 Å². The van der Waals surface area contributed by atoms with Crippen molar-refractivity contribution in [3.05, 3.63) is 41.1 Å². The Morgan fingerprint density at radius 1 is 1.10 bits per heavy atom. The molecule has 3 heterocycles. The summed E-state index contributed by atoms with van der Waals surface area (Å²) in [6.45, 7) is 1.02. The predicted octanol–water partition coefficient (Wildman–Crippen LogP) is 3.90. The van der Waals surface area contributed by atoms with Crippen molar-refractivity contribution in [2.75, 3.05) is 24.7 Å². The molecule has 5 rings (SSSR count). The molecule has 31 heavy (non-hydrogen) atoms. The first-order valence-electron chi connectivity index (χ1n) is 10.2. The highest BCUT2D eigenvalue weighted by Gasteiger charge is 2.51. The van der Waals surface area contributed by atoms with Crippen LogP contribution in [0.5, 0.6) is 0 Å². The Hall–Kier alpha value is -2.33. The highest BCUT2D eigenvalue weighted by atomic mass is 19.4. The molecule has 0 radical (unpaired) electrons. The lowest BCUT2D eigenvalue weighted by atomic mass is 9.89. The zero-order valence-electron chi connectivity index (χ0n) is 16.6. The monoisotopic (exact) mass is 440 g/mol. The van der Waals surface area contributed by atoms with Crippen molar-refractivity contribution in [1.82, 2.24) is 9.97 Å². The molecule has 0 amide bonds. The summed E-state index contributed by atoms with van der Waals surface area (Å²) in [4.78, 5) is 9.19. The van der Waals surface area contributed by atoms with E-state index in [1.54, 1.807) is 24.3 Å². The second kappa shape index (κ2) is 6.83. The maximum atomic E-state index is 14.5. The van der Waals surface area contributed by atoms with Gasteiger partial charge in [-0.25, -0.2) is 9.97 Å². The van der Waals surface area contributed by atoms with Crippen LogP contribution in [0.4, 0.5) is 27.9 Å². The van der Waals surface area contributed by atoms with E-state index in [-0.39, 0.29) is 36.6 Å². The molecule has 3 aliphatic rings. The van der Waals surface area contributed by atoms with E-state index >= 15 is 0 Å². The second-order valence-corrected chi connectivity index (χ2v) is 8.48. The maximum Gasteiger partial charge on any atom is 0.408 e. The molecule has 2 fully saturated rings. The topological polar surface area (TPSA) is 64.3 Å². The third-order valence-electron chi connectivity index (χ3n) is 6.47. The van der Waals surface area contributed by atoms with E-state index in [1.165, 1.54) is 0 Å². The van der Waals surface area contributed by atoms with Crippen molar-refractivity contribution < 1.29 is 26.7 Å². The average Bonchev–Trinajstić information content (AvgIpc) is 3.24. The van der Waals surface area contributed by atoms with Gasteiger partial charge in [0.25, 0.3) is 5.92 Å². The fraction of sp³-hybridized carbons (Fsp3) is 0.524. The van der Waals surface area contributed by atoms with Crippen LogP contribution in [0.15, 0.2) is 24.3 Å². The molecule has 0 saturated carbocycles. The molecule has 10 heteroatoms. The molecular weight excluding hydrogens is 419 g/mol. The molecule has 0 bridgehead atoms. The van der Waals surface area contributed by atoms with E-state index in [0.717, 1.165) is 10.5 Å². The second-order valence-electron chi connectivity index (χ2n) is 8.48. The molecule has 2 aliphatic heterocycles. The molecule has 1 aliphatic carbocycles. The van der Waals surface area contributed by atoms with Gasteiger partial charge in [-0.05, 0) is 24.8 Å². The summed E-state index contributed by atoms with van der Waals surface area (Å²) in [5.41, 5.74) is 7.24. The lowest BCUT2D eigenvalue weighted by Gasteiger charge is -2.42. The normalized spacial score (nSPS) is 27.3. The van der Waals surface area contributed by atoms with Gasteiger partial charge in [0.05, 0.1) is 17.8 Å². The SMILES string of the molecule is NC1(c2ccc(-c3nc(N4CC[C@@H]4C(F)(F)F)nc4c3CCC4(F)F)cc2)CCOC1. The molecule has 5 nitrogen and oxygen atoms in total. The number of hydrogen-bond donors (Lipinski definition) is 1. The van der Waals surface area contributed by atoms with Crippen LogP contribution < -0.4 is 10.6 Å². The fourth-order valence-electron chi connectivity index (χ4n) is 4.51. The van der Waals surface area contributed by atoms with Crippen molar-refractivity contribution >= 4 is 5.95 Å². The van der Waals surface area contributed by atoms with Crippen LogP contribution in [0.2, 0.25) is 0 Å². The first kappa shape index (κ1) is 20.6. The average molecular weight is 440 g/mol. The predicted molar refractivity (Wildman–Crippen MR) is 103 cm³/mol. The van der Waals surface area contributed by atoms with Crippen LogP contribution in [-0.4, -0.2) is 41.9 Å². The highest BCUT2D eigenvalue weighted by Crippen LogP contribution is 2.46. The Morgan fingerprint density at radius 3 is 2.42 bits per heavy atom. The molecule has 166 valence electrons. The zero-order valence-corrected chi connectivity index (χ0v) is 16.6. The number of alkyl halides is 5. The van der Waals surface area contributed by atoms with E-state index < -0.39 is 35.8 Å². The Morgan fingerprint density at radius 2 is 1.84 bits per heavy atom. The number of ether oxygens (including phenoxy) is 1. The minimum absolute atomic E-state index is 0.0665. The Kier molecular flexibility index (Phi) is 4.53. The van der Waals surface area contributed by atoms with Crippen LogP contribution in [-0.2, 0) is 22.6 Å². The Balaban J connectivity index is 1.56. The summed E-state index contributed by atoms with van der Waals surface area (Å²) in [7, 11) is 0. The summed E-state index contributed by atoms with van der Waals surface area (Å²) in [5.74, 6) is -3.49. The van der Waals surface area contributed by atoms with Crippen LogP contribution >= 0.6 is 0 Å². The Labute approximate surface area is 175 Å². The van der Waals surface area contributed by atoms with Gasteiger partial charge < -0.3 is 15.4 Å². The maximum absolute atomic E-state index is 14.5. The van der Waals surface area contributed by atoms with Gasteiger partial charge in [-0.2, -0.15) is 22.0 Å². The zero-order chi connectivity index (χ0) is 22.0. The number of rotatable bonds is 3. The number of halogens is 5. The van der Waals surface area contributed by atoms with E-state index in [9.17, 15) is 22.0 Å². The van der Waals surface area contributed by atoms with Crippen molar-refractivity contribution in [2.24, 2.45) is 5.73 Å². The minimum Gasteiger partial charge on any atom is -0.379 e. The molecule has 2 aromatic rings. The molecule has 2 N–H and O–H groups in total. The minimum atomic E-state index is -4.47. The third-order valence-corrected chi connectivity index (χ3v) is 6.47. The highest BCUT2D eigenvalue weighted by molar-refractivity contribution is 5.67. The standard InChI is InChI=1S/C21H21F5N4O/c22-20(23)7-5-14-16(12-1-3-13(4-2-12)19(27)8-10-31-11-19)28-18(29-17(14)20)30-9-6-15(30)21(24,25)26/h1-4,15H,5-11,27H2/t15-,19?/m1/s1. The first-order chi connectivity index (χ1) is 14.6. The lowest BCUT2D eigenvalue weighted by Crippen LogP contribution is -2.56. The van der Waals surface area contributed by atoms with Gasteiger partial charge in [-0.1, -0.05) is 24.3 Å². The lowest BCUT2D eigenvalue weighted by molar-refractivity contribution is -0.160. The van der Waals surface area contributed by atoms with Gasteiger partial charge >= 0.3 is 6.18 Å². The van der Waals surface area contributed by atoms with Gasteiger partial charge in [0.1, 0.15) is 11.7 Å². The molecule has 2 saturated heterocycles. The molecular formula is C21H21F5N4O.